The largest absolute Gasteiger partial charge is 0.0884 e. The van der Waals surface area contributed by atoms with Gasteiger partial charge in [-0.05, 0) is 36.8 Å². The molecule has 1 aromatic rings. The molecule has 1 atom stereocenters. The van der Waals surface area contributed by atoms with E-state index in [1.165, 1.54) is 31.2 Å². The lowest BCUT2D eigenvalue weighted by Crippen LogP contribution is -2.17. The molecule has 0 amide bonds. The van der Waals surface area contributed by atoms with Crippen LogP contribution in [0.5, 0.6) is 0 Å². The van der Waals surface area contributed by atoms with E-state index in [9.17, 15) is 0 Å². The van der Waals surface area contributed by atoms with Gasteiger partial charge >= 0.3 is 0 Å². The van der Waals surface area contributed by atoms with E-state index in [0.717, 1.165) is 17.4 Å². The Balaban J connectivity index is 2.62. The third-order valence-corrected chi connectivity index (χ3v) is 4.64. The summed E-state index contributed by atoms with van der Waals surface area (Å²) in [7, 11) is 0. The molecular formula is C15H22BrCl. The molecule has 0 N–H and O–H groups in total. The van der Waals surface area contributed by atoms with Gasteiger partial charge in [0.15, 0.2) is 0 Å². The summed E-state index contributed by atoms with van der Waals surface area (Å²) in [6.45, 7) is 4.52. The van der Waals surface area contributed by atoms with Gasteiger partial charge in [0.05, 0.1) is 0 Å². The summed E-state index contributed by atoms with van der Waals surface area (Å²) in [4.78, 5) is 0.544. The van der Waals surface area contributed by atoms with E-state index in [-0.39, 0.29) is 0 Å². The molecule has 2 heteroatoms. The van der Waals surface area contributed by atoms with Crippen molar-refractivity contribution in [2.75, 3.05) is 0 Å². The molecule has 0 fully saturated rings. The van der Waals surface area contributed by atoms with Crippen molar-refractivity contribution in [2.24, 2.45) is 5.92 Å². The zero-order valence-corrected chi connectivity index (χ0v) is 13.1. The number of rotatable bonds is 7. The third-order valence-electron chi connectivity index (χ3n) is 3.20. The monoisotopic (exact) mass is 316 g/mol. The molecule has 1 aromatic carbocycles. The summed E-state index contributed by atoms with van der Waals surface area (Å²) in [5, 5.41) is 0.892. The Morgan fingerprint density at radius 1 is 1.12 bits per heavy atom. The van der Waals surface area contributed by atoms with Crippen molar-refractivity contribution in [1.29, 1.82) is 0 Å². The first-order valence-electron chi connectivity index (χ1n) is 6.56. The highest BCUT2D eigenvalue weighted by atomic mass is 79.9. The second-order valence-corrected chi connectivity index (χ2v) is 6.23. The van der Waals surface area contributed by atoms with Crippen LogP contribution in [-0.2, 0) is 6.42 Å². The number of alkyl halides is 1. The summed E-state index contributed by atoms with van der Waals surface area (Å²) >= 11 is 10.1. The molecular weight excluding hydrogens is 296 g/mol. The van der Waals surface area contributed by atoms with Crippen LogP contribution in [0.1, 0.15) is 45.1 Å². The van der Waals surface area contributed by atoms with Gasteiger partial charge in [0.25, 0.3) is 0 Å². The van der Waals surface area contributed by atoms with Crippen molar-refractivity contribution >= 4 is 27.5 Å². The molecule has 17 heavy (non-hydrogen) atoms. The van der Waals surface area contributed by atoms with Crippen LogP contribution in [0.15, 0.2) is 24.3 Å². The van der Waals surface area contributed by atoms with Crippen LogP contribution in [0.2, 0.25) is 5.02 Å². The second-order valence-electron chi connectivity index (χ2n) is 4.65. The fraction of sp³-hybridized carbons (Fsp3) is 0.600. The summed E-state index contributed by atoms with van der Waals surface area (Å²) in [6, 6.07) is 8.16. The van der Waals surface area contributed by atoms with Crippen molar-refractivity contribution in [3.05, 3.63) is 34.9 Å². The molecule has 0 bridgehead atoms. The fourth-order valence-corrected chi connectivity index (χ4v) is 3.38. The molecule has 1 unspecified atom stereocenters. The van der Waals surface area contributed by atoms with E-state index < -0.39 is 0 Å². The maximum Gasteiger partial charge on any atom is 0.0438 e. The molecule has 0 aliphatic rings. The summed E-state index contributed by atoms with van der Waals surface area (Å²) in [5.41, 5.74) is 1.26. The van der Waals surface area contributed by atoms with Gasteiger partial charge in [0.2, 0.25) is 0 Å². The molecule has 0 nitrogen and oxygen atoms in total. The lowest BCUT2D eigenvalue weighted by atomic mass is 9.91. The van der Waals surface area contributed by atoms with E-state index in [4.69, 9.17) is 11.6 Å². The third kappa shape index (κ3) is 5.01. The Hall–Kier alpha value is -0.0100. The van der Waals surface area contributed by atoms with Gasteiger partial charge < -0.3 is 0 Å². The second kappa shape index (κ2) is 8.16. The Morgan fingerprint density at radius 3 is 2.24 bits per heavy atom. The van der Waals surface area contributed by atoms with E-state index >= 15 is 0 Å². The summed E-state index contributed by atoms with van der Waals surface area (Å²) in [6.07, 6.45) is 6.15. The van der Waals surface area contributed by atoms with Gasteiger partial charge in [-0.2, -0.15) is 0 Å². The molecule has 96 valence electrons. The first-order chi connectivity index (χ1) is 8.19. The number of hydrogen-bond acceptors (Lipinski definition) is 0. The zero-order chi connectivity index (χ0) is 12.7. The van der Waals surface area contributed by atoms with Gasteiger partial charge in [-0.3, -0.25) is 0 Å². The van der Waals surface area contributed by atoms with Gasteiger partial charge in [-0.15, -0.1) is 0 Å². The normalized spacial score (nSPS) is 13.0. The standard InChI is InChI=1S/C15H22BrCl/c1-3-7-12(8-4-2)14(16)11-13-9-5-6-10-15(13)17/h5-6,9-10,12,14H,3-4,7-8,11H2,1-2H3. The van der Waals surface area contributed by atoms with E-state index in [1.807, 2.05) is 12.1 Å². The van der Waals surface area contributed by atoms with Crippen molar-refractivity contribution in [3.8, 4) is 0 Å². The molecule has 0 spiro atoms. The lowest BCUT2D eigenvalue weighted by Gasteiger charge is -2.22. The average Bonchev–Trinajstić information content (AvgIpc) is 2.32. The summed E-state index contributed by atoms with van der Waals surface area (Å²) < 4.78 is 0. The predicted octanol–water partition coefficient (Wildman–Crippen LogP) is 5.86. The van der Waals surface area contributed by atoms with E-state index in [1.54, 1.807) is 0 Å². The first kappa shape index (κ1) is 15.0. The first-order valence-corrected chi connectivity index (χ1v) is 7.85. The lowest BCUT2D eigenvalue weighted by molar-refractivity contribution is 0.427. The quantitative estimate of drug-likeness (QED) is 0.552. The molecule has 0 aromatic heterocycles. The van der Waals surface area contributed by atoms with Crippen LogP contribution in [0, 0.1) is 5.92 Å². The van der Waals surface area contributed by atoms with E-state index in [2.05, 4.69) is 41.9 Å². The molecule has 0 aliphatic carbocycles. The molecule has 0 heterocycles. The SMILES string of the molecule is CCCC(CCC)C(Br)Cc1ccccc1Cl. The minimum absolute atomic E-state index is 0.544. The number of benzene rings is 1. The van der Waals surface area contributed by atoms with Crippen LogP contribution in [0.25, 0.3) is 0 Å². The molecule has 0 radical (unpaired) electrons. The molecule has 0 saturated carbocycles. The van der Waals surface area contributed by atoms with Crippen molar-refractivity contribution in [3.63, 3.8) is 0 Å². The minimum atomic E-state index is 0.544. The predicted molar refractivity (Wildman–Crippen MR) is 81.2 cm³/mol. The Bertz CT molecular complexity index is 318. The Kier molecular flexibility index (Phi) is 7.22. The Labute approximate surface area is 119 Å². The maximum absolute atomic E-state index is 6.21. The average molecular weight is 318 g/mol. The van der Waals surface area contributed by atoms with Crippen LogP contribution in [0.4, 0.5) is 0 Å². The van der Waals surface area contributed by atoms with Crippen LogP contribution in [0.3, 0.4) is 0 Å². The highest BCUT2D eigenvalue weighted by molar-refractivity contribution is 9.09. The van der Waals surface area contributed by atoms with Crippen molar-refractivity contribution < 1.29 is 0 Å². The van der Waals surface area contributed by atoms with Crippen LogP contribution in [-0.4, -0.2) is 4.83 Å². The maximum atomic E-state index is 6.21. The van der Waals surface area contributed by atoms with Crippen LogP contribution >= 0.6 is 27.5 Å². The summed E-state index contributed by atoms with van der Waals surface area (Å²) in [5.74, 6) is 0.765. The topological polar surface area (TPSA) is 0 Å². The number of hydrogen-bond donors (Lipinski definition) is 0. The highest BCUT2D eigenvalue weighted by Crippen LogP contribution is 2.28. The fourth-order valence-electron chi connectivity index (χ4n) is 2.29. The minimum Gasteiger partial charge on any atom is -0.0884 e. The number of halogens is 2. The van der Waals surface area contributed by atoms with Crippen molar-refractivity contribution in [1.82, 2.24) is 0 Å². The van der Waals surface area contributed by atoms with Gasteiger partial charge in [-0.25, -0.2) is 0 Å². The van der Waals surface area contributed by atoms with Crippen LogP contribution < -0.4 is 0 Å². The molecule has 0 saturated heterocycles. The smallest absolute Gasteiger partial charge is 0.0438 e. The highest BCUT2D eigenvalue weighted by Gasteiger charge is 2.18. The van der Waals surface area contributed by atoms with Crippen molar-refractivity contribution in [2.45, 2.75) is 50.8 Å². The van der Waals surface area contributed by atoms with Gasteiger partial charge in [-0.1, -0.05) is 72.4 Å². The van der Waals surface area contributed by atoms with E-state index in [0.29, 0.717) is 4.83 Å². The molecule has 1 rings (SSSR count). The molecule has 0 aliphatic heterocycles. The Morgan fingerprint density at radius 2 is 1.71 bits per heavy atom. The zero-order valence-electron chi connectivity index (χ0n) is 10.8. The van der Waals surface area contributed by atoms with Gasteiger partial charge in [0, 0.05) is 9.85 Å². The van der Waals surface area contributed by atoms with Gasteiger partial charge in [0.1, 0.15) is 0 Å².